The number of cyclic esters (lactones) is 1. The maximum absolute atomic E-state index is 13.1. The molecule has 154 valence electrons. The Morgan fingerprint density at radius 3 is 2.46 bits per heavy atom. The van der Waals surface area contributed by atoms with Gasteiger partial charge < -0.3 is 9.47 Å². The Labute approximate surface area is 173 Å². The van der Waals surface area contributed by atoms with Gasteiger partial charge in [-0.1, -0.05) is 23.2 Å². The van der Waals surface area contributed by atoms with Gasteiger partial charge in [0.25, 0.3) is 0 Å². The van der Waals surface area contributed by atoms with E-state index in [1.165, 1.54) is 22.4 Å². The van der Waals surface area contributed by atoms with Gasteiger partial charge in [0.05, 0.1) is 12.1 Å². The molecule has 1 unspecified atom stereocenters. The molecule has 28 heavy (non-hydrogen) atoms. The summed E-state index contributed by atoms with van der Waals surface area (Å²) < 4.78 is 37.2. The number of esters is 1. The molecule has 0 N–H and O–H groups in total. The van der Waals surface area contributed by atoms with Crippen molar-refractivity contribution in [2.24, 2.45) is 0 Å². The zero-order valence-electron chi connectivity index (χ0n) is 15.4. The molecule has 2 heterocycles. The van der Waals surface area contributed by atoms with Crippen molar-refractivity contribution in [3.05, 3.63) is 27.7 Å². The molecule has 2 fully saturated rings. The van der Waals surface area contributed by atoms with Crippen LogP contribution in [0.3, 0.4) is 0 Å². The summed E-state index contributed by atoms with van der Waals surface area (Å²) in [5, 5.41) is 0.433. The first-order chi connectivity index (χ1) is 13.2. The molecule has 8 nitrogen and oxygen atoms in total. The number of ether oxygens (including phenoxy) is 2. The minimum Gasteiger partial charge on any atom is -0.467 e. The molecule has 0 radical (unpaired) electrons. The third-order valence-corrected chi connectivity index (χ3v) is 7.72. The molecule has 0 aromatic heterocycles. The highest BCUT2D eigenvalue weighted by Gasteiger charge is 2.45. The van der Waals surface area contributed by atoms with E-state index in [-0.39, 0.29) is 35.7 Å². The van der Waals surface area contributed by atoms with Gasteiger partial charge in [-0.25, -0.2) is 18.0 Å². The first kappa shape index (κ1) is 21.2. The van der Waals surface area contributed by atoms with E-state index in [0.29, 0.717) is 23.4 Å². The Bertz CT molecular complexity index is 876. The van der Waals surface area contributed by atoms with Crippen molar-refractivity contribution in [1.29, 1.82) is 0 Å². The molecule has 0 aliphatic carbocycles. The number of hydrogen-bond donors (Lipinski definition) is 0. The molecule has 0 spiro atoms. The van der Waals surface area contributed by atoms with Crippen LogP contribution in [-0.4, -0.2) is 68.6 Å². The summed E-state index contributed by atoms with van der Waals surface area (Å²) >= 11 is 12.1. The van der Waals surface area contributed by atoms with Gasteiger partial charge in [0.15, 0.2) is 6.04 Å². The molecule has 3 rings (SSSR count). The Morgan fingerprint density at radius 2 is 1.89 bits per heavy atom. The van der Waals surface area contributed by atoms with E-state index < -0.39 is 28.1 Å². The van der Waals surface area contributed by atoms with Crippen LogP contribution in [0.2, 0.25) is 10.0 Å². The van der Waals surface area contributed by atoms with Gasteiger partial charge in [-0.3, -0.25) is 4.90 Å². The van der Waals surface area contributed by atoms with Crippen molar-refractivity contribution in [3.8, 4) is 0 Å². The second-order valence-electron chi connectivity index (χ2n) is 6.69. The van der Waals surface area contributed by atoms with Gasteiger partial charge in [-0.2, -0.15) is 4.31 Å². The number of sulfonamides is 1. The summed E-state index contributed by atoms with van der Waals surface area (Å²) in [6.45, 7) is 1.94. The van der Waals surface area contributed by atoms with Crippen LogP contribution >= 0.6 is 23.2 Å². The van der Waals surface area contributed by atoms with Crippen LogP contribution in [0.15, 0.2) is 17.0 Å². The fourth-order valence-corrected chi connectivity index (χ4v) is 6.27. The Morgan fingerprint density at radius 1 is 1.25 bits per heavy atom. The van der Waals surface area contributed by atoms with Gasteiger partial charge in [-0.05, 0) is 37.5 Å². The van der Waals surface area contributed by atoms with Crippen molar-refractivity contribution in [1.82, 2.24) is 9.21 Å². The quantitative estimate of drug-likeness (QED) is 0.653. The fourth-order valence-electron chi connectivity index (χ4n) is 3.66. The number of hydrogen-bond acceptors (Lipinski definition) is 6. The summed E-state index contributed by atoms with van der Waals surface area (Å²) in [5.41, 5.74) is 0.466. The number of amides is 1. The maximum atomic E-state index is 13.1. The molecule has 1 atom stereocenters. The third kappa shape index (κ3) is 3.80. The van der Waals surface area contributed by atoms with Gasteiger partial charge in [0.1, 0.15) is 11.5 Å². The second kappa shape index (κ2) is 8.06. The topological polar surface area (TPSA) is 93.2 Å². The van der Waals surface area contributed by atoms with Crippen LogP contribution in [0.25, 0.3) is 0 Å². The van der Waals surface area contributed by atoms with E-state index in [2.05, 4.69) is 0 Å². The van der Waals surface area contributed by atoms with Crippen LogP contribution < -0.4 is 0 Å². The van der Waals surface area contributed by atoms with E-state index in [1.807, 2.05) is 0 Å². The molecule has 1 amide bonds. The number of carbonyl (C=O) groups is 2. The van der Waals surface area contributed by atoms with Crippen molar-refractivity contribution in [2.75, 3.05) is 26.8 Å². The monoisotopic (exact) mass is 450 g/mol. The smallest absolute Gasteiger partial charge is 0.410 e. The minimum absolute atomic E-state index is 0.0324. The van der Waals surface area contributed by atoms with E-state index in [1.54, 1.807) is 13.0 Å². The third-order valence-electron chi connectivity index (χ3n) is 4.99. The second-order valence-corrected chi connectivity index (χ2v) is 9.41. The fraction of sp³-hybridized carbons (Fsp3) is 0.529. The van der Waals surface area contributed by atoms with Crippen LogP contribution in [-0.2, 0) is 24.3 Å². The van der Waals surface area contributed by atoms with Crippen LogP contribution in [0.1, 0.15) is 18.4 Å². The summed E-state index contributed by atoms with van der Waals surface area (Å²) in [5.74, 6) is -0.551. The van der Waals surface area contributed by atoms with Crippen molar-refractivity contribution in [3.63, 3.8) is 0 Å². The van der Waals surface area contributed by atoms with E-state index in [4.69, 9.17) is 32.7 Å². The zero-order chi connectivity index (χ0) is 20.6. The Hall–Kier alpha value is -1.55. The lowest BCUT2D eigenvalue weighted by Gasteiger charge is -2.36. The van der Waals surface area contributed by atoms with Gasteiger partial charge in [-0.15, -0.1) is 0 Å². The predicted octanol–water partition coefficient (Wildman–Crippen LogP) is 2.45. The lowest BCUT2D eigenvalue weighted by Crippen LogP contribution is -2.51. The highest BCUT2D eigenvalue weighted by molar-refractivity contribution is 7.89. The number of aryl methyl sites for hydroxylation is 1. The molecule has 1 aromatic rings. The number of carbonyl (C=O) groups excluding carboxylic acids is 2. The van der Waals surface area contributed by atoms with Gasteiger partial charge in [0, 0.05) is 24.2 Å². The molecule has 2 aliphatic rings. The average Bonchev–Trinajstić information content (AvgIpc) is 3.01. The maximum Gasteiger partial charge on any atom is 0.410 e. The van der Waals surface area contributed by atoms with Gasteiger partial charge >= 0.3 is 12.1 Å². The van der Waals surface area contributed by atoms with Crippen LogP contribution in [0.4, 0.5) is 4.79 Å². The number of rotatable bonds is 4. The highest BCUT2D eigenvalue weighted by Crippen LogP contribution is 2.33. The lowest BCUT2D eigenvalue weighted by atomic mass is 10.0. The normalized spacial score (nSPS) is 21.6. The van der Waals surface area contributed by atoms with Crippen LogP contribution in [0, 0.1) is 6.92 Å². The molecule has 0 bridgehead atoms. The van der Waals surface area contributed by atoms with Crippen molar-refractivity contribution >= 4 is 45.3 Å². The molecule has 11 heteroatoms. The van der Waals surface area contributed by atoms with Gasteiger partial charge in [0.2, 0.25) is 10.0 Å². The SMILES string of the molecule is COC(=O)C1COC(=O)N1C1CCN(S(=O)(=O)c2c(C)cc(Cl)cc2Cl)CC1. The zero-order valence-corrected chi connectivity index (χ0v) is 17.7. The molecule has 1 aromatic carbocycles. The average molecular weight is 451 g/mol. The molecule has 0 saturated carbocycles. The Kier molecular flexibility index (Phi) is 6.09. The summed E-state index contributed by atoms with van der Waals surface area (Å²) in [6, 6.07) is 1.83. The standard InChI is InChI=1S/C17H20Cl2N2O6S/c1-10-7-11(18)8-13(19)15(10)28(24,25)20-5-3-12(4-6-20)21-14(16(22)26-2)9-27-17(21)23/h7-8,12,14H,3-6,9H2,1-2H3. The molecule has 2 saturated heterocycles. The van der Waals surface area contributed by atoms with E-state index in [0.717, 1.165) is 0 Å². The summed E-state index contributed by atoms with van der Waals surface area (Å²) in [7, 11) is -2.57. The highest BCUT2D eigenvalue weighted by atomic mass is 35.5. The number of piperidine rings is 1. The number of methoxy groups -OCH3 is 1. The first-order valence-electron chi connectivity index (χ1n) is 8.65. The summed E-state index contributed by atoms with van der Waals surface area (Å²) in [4.78, 5) is 25.3. The van der Waals surface area contributed by atoms with Crippen molar-refractivity contribution in [2.45, 2.75) is 36.7 Å². The largest absolute Gasteiger partial charge is 0.467 e. The molecular formula is C17H20Cl2N2O6S. The first-order valence-corrected chi connectivity index (χ1v) is 10.8. The number of benzene rings is 1. The van der Waals surface area contributed by atoms with E-state index >= 15 is 0 Å². The summed E-state index contributed by atoms with van der Waals surface area (Å²) in [6.07, 6.45) is 0.145. The van der Waals surface area contributed by atoms with Crippen molar-refractivity contribution < 1.29 is 27.5 Å². The van der Waals surface area contributed by atoms with E-state index in [9.17, 15) is 18.0 Å². The Balaban J connectivity index is 1.77. The predicted molar refractivity (Wildman–Crippen MR) is 102 cm³/mol. The lowest BCUT2D eigenvalue weighted by molar-refractivity contribution is -0.145. The van der Waals surface area contributed by atoms with Crippen LogP contribution in [0.5, 0.6) is 0 Å². The number of halogens is 2. The molecule has 2 aliphatic heterocycles. The number of nitrogens with zero attached hydrogens (tertiary/aromatic N) is 2. The molecular weight excluding hydrogens is 431 g/mol. The minimum atomic E-state index is -3.82.